The summed E-state index contributed by atoms with van der Waals surface area (Å²) in [6.45, 7) is 8.82. The predicted octanol–water partition coefficient (Wildman–Crippen LogP) is 4.70. The molecule has 0 saturated carbocycles. The molecule has 0 radical (unpaired) electrons. The van der Waals surface area contributed by atoms with Gasteiger partial charge in [0.05, 0.1) is 11.7 Å². The van der Waals surface area contributed by atoms with Crippen molar-refractivity contribution < 1.29 is 14.6 Å². The summed E-state index contributed by atoms with van der Waals surface area (Å²) in [6.07, 6.45) is 3.77. The number of anilines is 1. The molecule has 2 aromatic carbocycles. The average Bonchev–Trinajstić information content (AvgIpc) is 3.28. The zero-order valence-corrected chi connectivity index (χ0v) is 22.4. The number of phenolic OH excluding ortho intramolecular Hbond substituents is 1. The highest BCUT2D eigenvalue weighted by Gasteiger charge is 2.22. The van der Waals surface area contributed by atoms with E-state index in [1.165, 1.54) is 0 Å². The molecule has 1 fully saturated rings. The van der Waals surface area contributed by atoms with Crippen molar-refractivity contribution in [2.45, 2.75) is 52.7 Å². The van der Waals surface area contributed by atoms with Gasteiger partial charge in [-0.2, -0.15) is 5.10 Å². The summed E-state index contributed by atoms with van der Waals surface area (Å²) >= 11 is 0. The molecule has 198 valence electrons. The Bertz CT molecular complexity index is 1470. The highest BCUT2D eigenvalue weighted by atomic mass is 16.5. The normalized spacial score (nSPS) is 14.1. The fourth-order valence-corrected chi connectivity index (χ4v) is 4.90. The number of aromatic hydroxyl groups is 1. The molecule has 0 atom stereocenters. The highest BCUT2D eigenvalue weighted by Crippen LogP contribution is 2.29. The Morgan fingerprint density at radius 1 is 1.16 bits per heavy atom. The van der Waals surface area contributed by atoms with Crippen LogP contribution >= 0.6 is 0 Å². The Balaban J connectivity index is 1.48. The van der Waals surface area contributed by atoms with Gasteiger partial charge < -0.3 is 20.1 Å². The number of nitrogens with zero attached hydrogens (tertiary/aromatic N) is 5. The van der Waals surface area contributed by atoms with Crippen molar-refractivity contribution in [2.75, 3.05) is 25.6 Å². The highest BCUT2D eigenvalue weighted by molar-refractivity contribution is 6.05. The summed E-state index contributed by atoms with van der Waals surface area (Å²) in [6, 6.07) is 11.3. The van der Waals surface area contributed by atoms with Gasteiger partial charge >= 0.3 is 0 Å². The number of amides is 1. The van der Waals surface area contributed by atoms with Crippen molar-refractivity contribution in [3.8, 4) is 17.1 Å². The lowest BCUT2D eigenvalue weighted by molar-refractivity contribution is 0.0781. The van der Waals surface area contributed by atoms with Gasteiger partial charge in [0.25, 0.3) is 5.91 Å². The average molecular weight is 515 g/mol. The zero-order valence-electron chi connectivity index (χ0n) is 22.4. The van der Waals surface area contributed by atoms with E-state index in [1.54, 1.807) is 36.3 Å². The fraction of sp³-hybridized carbons (Fsp3) is 0.379. The fourth-order valence-electron chi connectivity index (χ4n) is 4.90. The van der Waals surface area contributed by atoms with E-state index in [0.29, 0.717) is 29.3 Å². The molecule has 0 bridgehead atoms. The maximum absolute atomic E-state index is 13.7. The topological polar surface area (TPSA) is 105 Å². The molecule has 1 saturated heterocycles. The van der Waals surface area contributed by atoms with E-state index in [4.69, 9.17) is 14.7 Å². The van der Waals surface area contributed by atoms with Crippen molar-refractivity contribution in [1.82, 2.24) is 24.6 Å². The second-order valence-corrected chi connectivity index (χ2v) is 9.89. The second-order valence-electron chi connectivity index (χ2n) is 9.89. The van der Waals surface area contributed by atoms with Crippen molar-refractivity contribution >= 4 is 22.5 Å². The molecule has 0 unspecified atom stereocenters. The summed E-state index contributed by atoms with van der Waals surface area (Å²) in [5.41, 5.74) is 5.84. The molecule has 2 N–H and O–H groups in total. The third-order valence-corrected chi connectivity index (χ3v) is 7.21. The van der Waals surface area contributed by atoms with Crippen molar-refractivity contribution in [3.63, 3.8) is 0 Å². The Labute approximate surface area is 222 Å². The maximum atomic E-state index is 13.7. The van der Waals surface area contributed by atoms with Crippen LogP contribution < -0.4 is 5.32 Å². The smallest absolute Gasteiger partial charge is 0.273 e. The summed E-state index contributed by atoms with van der Waals surface area (Å²) in [5, 5.41) is 18.7. The van der Waals surface area contributed by atoms with E-state index in [0.717, 1.165) is 60.7 Å². The molecule has 1 aliphatic rings. The first-order valence-electron chi connectivity index (χ1n) is 13.1. The number of rotatable bonds is 7. The number of aromatic nitrogens is 4. The Morgan fingerprint density at radius 2 is 1.95 bits per heavy atom. The van der Waals surface area contributed by atoms with Crippen LogP contribution in [0.4, 0.5) is 5.69 Å². The number of ether oxygens (including phenoxy) is 1. The van der Waals surface area contributed by atoms with Crippen LogP contribution in [0.3, 0.4) is 0 Å². The molecule has 1 amide bonds. The maximum Gasteiger partial charge on any atom is 0.273 e. The largest absolute Gasteiger partial charge is 0.508 e. The molecule has 4 aromatic rings. The molecule has 9 heteroatoms. The van der Waals surface area contributed by atoms with Crippen LogP contribution in [0.15, 0.2) is 42.6 Å². The van der Waals surface area contributed by atoms with Gasteiger partial charge in [-0.3, -0.25) is 9.48 Å². The van der Waals surface area contributed by atoms with Crippen molar-refractivity contribution in [1.29, 1.82) is 0 Å². The van der Waals surface area contributed by atoms with Crippen LogP contribution in [-0.2, 0) is 17.8 Å². The zero-order chi connectivity index (χ0) is 26.8. The third-order valence-electron chi connectivity index (χ3n) is 7.21. The number of benzene rings is 2. The van der Waals surface area contributed by atoms with E-state index in [2.05, 4.69) is 17.3 Å². The minimum absolute atomic E-state index is 0.0602. The third kappa shape index (κ3) is 5.19. The first-order valence-corrected chi connectivity index (χ1v) is 13.1. The van der Waals surface area contributed by atoms with E-state index in [9.17, 15) is 9.90 Å². The number of carbonyl (C=O) groups excluding carboxylic acids is 1. The summed E-state index contributed by atoms with van der Waals surface area (Å²) in [7, 11) is 1.75. The van der Waals surface area contributed by atoms with Crippen LogP contribution in [0.2, 0.25) is 0 Å². The van der Waals surface area contributed by atoms with Gasteiger partial charge in [0, 0.05) is 67.3 Å². The van der Waals surface area contributed by atoms with Gasteiger partial charge in [0.1, 0.15) is 11.4 Å². The quantitative estimate of drug-likeness (QED) is 0.368. The van der Waals surface area contributed by atoms with E-state index < -0.39 is 0 Å². The lowest BCUT2D eigenvalue weighted by atomic mass is 10.0. The molecule has 38 heavy (non-hydrogen) atoms. The number of fused-ring (bicyclic) bond motifs is 1. The molecule has 0 aliphatic carbocycles. The summed E-state index contributed by atoms with van der Waals surface area (Å²) < 4.78 is 7.38. The van der Waals surface area contributed by atoms with Crippen LogP contribution in [0.5, 0.6) is 5.75 Å². The van der Waals surface area contributed by atoms with Gasteiger partial charge in [-0.05, 0) is 75.6 Å². The van der Waals surface area contributed by atoms with Crippen LogP contribution in [0.1, 0.15) is 47.1 Å². The molecular weight excluding hydrogens is 480 g/mol. The van der Waals surface area contributed by atoms with Crippen LogP contribution in [-0.4, -0.2) is 62.0 Å². The van der Waals surface area contributed by atoms with Crippen molar-refractivity contribution in [2.24, 2.45) is 0 Å². The minimum atomic E-state index is -0.248. The van der Waals surface area contributed by atoms with Crippen LogP contribution in [0, 0.1) is 13.8 Å². The number of carbonyl (C=O) groups is 1. The van der Waals surface area contributed by atoms with E-state index in [1.807, 2.05) is 36.7 Å². The molecule has 2 aromatic heterocycles. The SMILES string of the molecule is CCn1ncc(CN(C)C(=O)c2nc(-c3ccc(NC4CCOCC4)c(C)c3)nc3ccc(O)cc23)c1C. The molecule has 1 aliphatic heterocycles. The first-order chi connectivity index (χ1) is 18.3. The second kappa shape index (κ2) is 10.8. The summed E-state index contributed by atoms with van der Waals surface area (Å²) in [4.78, 5) is 24.8. The lowest BCUT2D eigenvalue weighted by Crippen LogP contribution is -2.28. The van der Waals surface area contributed by atoms with E-state index >= 15 is 0 Å². The number of nitrogens with one attached hydrogen (secondary N) is 1. The molecule has 9 nitrogen and oxygen atoms in total. The van der Waals surface area contributed by atoms with Gasteiger partial charge in [-0.1, -0.05) is 0 Å². The summed E-state index contributed by atoms with van der Waals surface area (Å²) in [5.74, 6) is 0.281. The monoisotopic (exact) mass is 514 g/mol. The van der Waals surface area contributed by atoms with Gasteiger partial charge in [0.2, 0.25) is 0 Å². The minimum Gasteiger partial charge on any atom is -0.508 e. The molecule has 0 spiro atoms. The molecule has 5 rings (SSSR count). The Hall–Kier alpha value is -3.98. The van der Waals surface area contributed by atoms with Crippen LogP contribution in [0.25, 0.3) is 22.3 Å². The van der Waals surface area contributed by atoms with E-state index in [-0.39, 0.29) is 17.4 Å². The number of phenols is 1. The molecular formula is C29H34N6O3. The standard InChI is InChI=1S/C29H34N6O3/c1-5-35-19(3)21(16-30-35)17-34(4)29(37)27-24-15-23(36)7-9-26(24)32-28(33-27)20-6-8-25(18(2)14-20)31-22-10-12-38-13-11-22/h6-9,14-16,22,31,36H,5,10-13,17H2,1-4H3. The number of hydrogen-bond acceptors (Lipinski definition) is 7. The Kier molecular flexibility index (Phi) is 7.28. The lowest BCUT2D eigenvalue weighted by Gasteiger charge is -2.25. The predicted molar refractivity (Wildman–Crippen MR) is 147 cm³/mol. The first kappa shape index (κ1) is 25.7. The number of hydrogen-bond donors (Lipinski definition) is 2. The van der Waals surface area contributed by atoms with Gasteiger partial charge in [-0.25, -0.2) is 9.97 Å². The van der Waals surface area contributed by atoms with Crippen molar-refractivity contribution in [3.05, 3.63) is 65.1 Å². The molecule has 3 heterocycles. The van der Waals surface area contributed by atoms with Gasteiger partial charge in [0.15, 0.2) is 5.82 Å². The Morgan fingerprint density at radius 3 is 2.66 bits per heavy atom. The van der Waals surface area contributed by atoms with Gasteiger partial charge in [-0.15, -0.1) is 0 Å². The number of aryl methyl sites for hydroxylation is 2.